The number of amides is 2. The molecular weight excluding hydrogens is 383 g/mol. The summed E-state index contributed by atoms with van der Waals surface area (Å²) >= 11 is 11.8. The molecule has 2 rings (SSSR count). The molecule has 0 fully saturated rings. The lowest BCUT2D eigenvalue weighted by atomic mass is 10.1. The monoisotopic (exact) mass is 406 g/mol. The van der Waals surface area contributed by atoms with Gasteiger partial charge in [0.15, 0.2) is 0 Å². The molecule has 0 aromatic heterocycles. The second kappa shape index (κ2) is 9.77. The molecule has 144 valence electrons. The van der Waals surface area contributed by atoms with Crippen LogP contribution in [0.15, 0.2) is 48.5 Å². The molecule has 2 aromatic rings. The number of nitrogens with one attached hydrogen (secondary N) is 1. The van der Waals surface area contributed by atoms with E-state index in [0.717, 1.165) is 11.1 Å². The van der Waals surface area contributed by atoms with Crippen molar-refractivity contribution in [3.63, 3.8) is 0 Å². The van der Waals surface area contributed by atoms with Gasteiger partial charge in [-0.1, -0.05) is 61.3 Å². The molecule has 0 radical (unpaired) electrons. The molecule has 0 heterocycles. The summed E-state index contributed by atoms with van der Waals surface area (Å²) in [6, 6.07) is 14.0. The highest BCUT2D eigenvalue weighted by Crippen LogP contribution is 2.16. The van der Waals surface area contributed by atoms with Crippen molar-refractivity contribution in [1.82, 2.24) is 10.2 Å². The zero-order chi connectivity index (χ0) is 20.0. The van der Waals surface area contributed by atoms with Crippen molar-refractivity contribution in [3.05, 3.63) is 69.7 Å². The Morgan fingerprint density at radius 1 is 0.889 bits per heavy atom. The average molecular weight is 407 g/mol. The number of rotatable bonds is 7. The van der Waals surface area contributed by atoms with E-state index in [1.165, 1.54) is 0 Å². The minimum Gasteiger partial charge on any atom is -0.350 e. The molecule has 0 aliphatic rings. The third-order valence-corrected chi connectivity index (χ3v) is 4.77. The Kier molecular flexibility index (Phi) is 7.69. The van der Waals surface area contributed by atoms with E-state index in [1.54, 1.807) is 36.1 Å². The van der Waals surface area contributed by atoms with Crippen LogP contribution in [0.25, 0.3) is 0 Å². The first kappa shape index (κ1) is 21.3. The van der Waals surface area contributed by atoms with Gasteiger partial charge in [-0.3, -0.25) is 9.59 Å². The lowest BCUT2D eigenvalue weighted by molar-refractivity contribution is -0.143. The molecule has 0 unspecified atom stereocenters. The van der Waals surface area contributed by atoms with Gasteiger partial charge in [0.1, 0.15) is 6.04 Å². The number of carbonyl (C=O) groups is 2. The third kappa shape index (κ3) is 6.26. The van der Waals surface area contributed by atoms with Crippen molar-refractivity contribution >= 4 is 35.0 Å². The first-order valence-corrected chi connectivity index (χ1v) is 9.60. The van der Waals surface area contributed by atoms with E-state index >= 15 is 0 Å². The maximum absolute atomic E-state index is 12.7. The topological polar surface area (TPSA) is 49.4 Å². The quantitative estimate of drug-likeness (QED) is 0.725. The van der Waals surface area contributed by atoms with Crippen LogP contribution in [0.2, 0.25) is 10.0 Å². The van der Waals surface area contributed by atoms with Crippen LogP contribution in [0.1, 0.15) is 31.9 Å². The smallest absolute Gasteiger partial charge is 0.242 e. The molecule has 27 heavy (non-hydrogen) atoms. The van der Waals surface area contributed by atoms with E-state index in [1.807, 2.05) is 38.1 Å². The molecule has 4 nitrogen and oxygen atoms in total. The fourth-order valence-corrected chi connectivity index (χ4v) is 2.86. The van der Waals surface area contributed by atoms with E-state index in [4.69, 9.17) is 23.2 Å². The molecule has 0 aliphatic heterocycles. The van der Waals surface area contributed by atoms with E-state index in [0.29, 0.717) is 23.1 Å². The number of nitrogens with zero attached hydrogens (tertiary/aromatic N) is 1. The first-order valence-electron chi connectivity index (χ1n) is 8.85. The maximum Gasteiger partial charge on any atom is 0.242 e. The summed E-state index contributed by atoms with van der Waals surface area (Å²) in [5, 5.41) is 4.17. The number of hydrogen-bond donors (Lipinski definition) is 1. The average Bonchev–Trinajstić information content (AvgIpc) is 2.65. The van der Waals surface area contributed by atoms with E-state index in [9.17, 15) is 9.59 Å². The molecule has 1 atom stereocenters. The van der Waals surface area contributed by atoms with Gasteiger partial charge in [-0.15, -0.1) is 0 Å². The van der Waals surface area contributed by atoms with Gasteiger partial charge in [0, 0.05) is 29.1 Å². The van der Waals surface area contributed by atoms with Crippen LogP contribution in [0.5, 0.6) is 0 Å². The predicted molar refractivity (Wildman–Crippen MR) is 110 cm³/mol. The maximum atomic E-state index is 12.7. The molecule has 6 heteroatoms. The molecule has 0 saturated heterocycles. The minimum atomic E-state index is -0.595. The highest BCUT2D eigenvalue weighted by molar-refractivity contribution is 6.30. The van der Waals surface area contributed by atoms with E-state index in [2.05, 4.69) is 5.32 Å². The third-order valence-electron chi connectivity index (χ3n) is 4.27. The summed E-state index contributed by atoms with van der Waals surface area (Å²) in [5.74, 6) is -0.476. The second-order valence-electron chi connectivity index (χ2n) is 6.77. The van der Waals surface area contributed by atoms with Gasteiger partial charge >= 0.3 is 0 Å². The summed E-state index contributed by atoms with van der Waals surface area (Å²) in [7, 11) is 0. The molecule has 1 N–H and O–H groups in total. The van der Waals surface area contributed by atoms with Gasteiger partial charge in [0.05, 0.1) is 0 Å². The standard InChI is InChI=1S/C21H24Cl2N2O2/c1-14(2)21(27)25(13-17-6-10-19(23)11-7-17)15(3)20(26)24-12-16-4-8-18(22)9-5-16/h4-11,14-15H,12-13H2,1-3H3,(H,24,26)/t15-/m0/s1. The van der Waals surface area contributed by atoms with Gasteiger partial charge < -0.3 is 10.2 Å². The van der Waals surface area contributed by atoms with Gasteiger partial charge in [-0.05, 0) is 42.3 Å². The first-order chi connectivity index (χ1) is 12.8. The molecule has 0 spiro atoms. The molecule has 2 aromatic carbocycles. The van der Waals surface area contributed by atoms with Crippen molar-refractivity contribution in [2.24, 2.45) is 5.92 Å². The summed E-state index contributed by atoms with van der Waals surface area (Å²) in [5.41, 5.74) is 1.87. The molecule has 0 aliphatic carbocycles. The Hall–Kier alpha value is -2.04. The second-order valence-corrected chi connectivity index (χ2v) is 7.64. The number of benzene rings is 2. The Balaban J connectivity index is 2.08. The van der Waals surface area contributed by atoms with Gasteiger partial charge in [-0.2, -0.15) is 0 Å². The number of halogens is 2. The van der Waals surface area contributed by atoms with Crippen LogP contribution in [0.3, 0.4) is 0 Å². The Morgan fingerprint density at radius 2 is 1.37 bits per heavy atom. The van der Waals surface area contributed by atoms with E-state index in [-0.39, 0.29) is 17.7 Å². The van der Waals surface area contributed by atoms with Gasteiger partial charge in [-0.25, -0.2) is 0 Å². The number of hydrogen-bond acceptors (Lipinski definition) is 2. The zero-order valence-corrected chi connectivity index (χ0v) is 17.2. The fraction of sp³-hybridized carbons (Fsp3) is 0.333. The summed E-state index contributed by atoms with van der Waals surface area (Å²) < 4.78 is 0. The Morgan fingerprint density at radius 3 is 1.85 bits per heavy atom. The Bertz CT molecular complexity index is 774. The van der Waals surface area contributed by atoms with Crippen molar-refractivity contribution in [3.8, 4) is 0 Å². The lowest BCUT2D eigenvalue weighted by Gasteiger charge is -2.30. The summed E-state index contributed by atoms with van der Waals surface area (Å²) in [6.45, 7) is 6.13. The SMILES string of the molecule is CC(C)C(=O)N(Cc1ccc(Cl)cc1)[C@@H](C)C(=O)NCc1ccc(Cl)cc1. The molecular formula is C21H24Cl2N2O2. The van der Waals surface area contributed by atoms with Crippen molar-refractivity contribution in [2.75, 3.05) is 0 Å². The molecule has 2 amide bonds. The van der Waals surface area contributed by atoms with Crippen LogP contribution in [-0.4, -0.2) is 22.8 Å². The van der Waals surface area contributed by atoms with Crippen molar-refractivity contribution in [2.45, 2.75) is 39.9 Å². The fourth-order valence-electron chi connectivity index (χ4n) is 2.60. The van der Waals surface area contributed by atoms with Gasteiger partial charge in [0.25, 0.3) is 0 Å². The van der Waals surface area contributed by atoms with Crippen molar-refractivity contribution in [1.29, 1.82) is 0 Å². The lowest BCUT2D eigenvalue weighted by Crippen LogP contribution is -2.48. The number of carbonyl (C=O) groups excluding carboxylic acids is 2. The minimum absolute atomic E-state index is 0.0703. The Labute approximate surface area is 170 Å². The zero-order valence-electron chi connectivity index (χ0n) is 15.7. The highest BCUT2D eigenvalue weighted by atomic mass is 35.5. The van der Waals surface area contributed by atoms with Crippen LogP contribution >= 0.6 is 23.2 Å². The highest BCUT2D eigenvalue weighted by Gasteiger charge is 2.27. The largest absolute Gasteiger partial charge is 0.350 e. The van der Waals surface area contributed by atoms with Crippen LogP contribution in [0, 0.1) is 5.92 Å². The molecule has 0 saturated carbocycles. The normalized spacial score (nSPS) is 11.9. The molecule has 0 bridgehead atoms. The summed E-state index contributed by atoms with van der Waals surface area (Å²) in [6.07, 6.45) is 0. The van der Waals surface area contributed by atoms with Crippen LogP contribution < -0.4 is 5.32 Å². The van der Waals surface area contributed by atoms with Crippen LogP contribution in [0.4, 0.5) is 0 Å². The summed E-state index contributed by atoms with van der Waals surface area (Å²) in [4.78, 5) is 26.9. The van der Waals surface area contributed by atoms with Crippen LogP contribution in [-0.2, 0) is 22.7 Å². The predicted octanol–water partition coefficient (Wildman–Crippen LogP) is 4.68. The van der Waals surface area contributed by atoms with Gasteiger partial charge in [0.2, 0.25) is 11.8 Å². The van der Waals surface area contributed by atoms with Crippen molar-refractivity contribution < 1.29 is 9.59 Å². The van der Waals surface area contributed by atoms with E-state index < -0.39 is 6.04 Å².